The summed E-state index contributed by atoms with van der Waals surface area (Å²) in [6, 6.07) is 5.57. The summed E-state index contributed by atoms with van der Waals surface area (Å²) in [7, 11) is 0. The molecule has 1 atom stereocenters. The Hall–Kier alpha value is -2.41. The summed E-state index contributed by atoms with van der Waals surface area (Å²) in [4.78, 5) is 17.7. The second kappa shape index (κ2) is 6.37. The standard InChI is InChI=1S/C16H21N5O2/c1-11-3-4-15(23)14(17-11)10-20-7-5-13(9-20)21-8-6-16(19-21)18-12(2)22/h3-4,6,8,13,23H,5,7,9-10H2,1-2H3,(H,18,19,22)/t13-/m1/s1. The molecule has 1 saturated heterocycles. The van der Waals surface area contributed by atoms with Gasteiger partial charge in [-0.25, -0.2) is 0 Å². The molecular weight excluding hydrogens is 294 g/mol. The number of aromatic nitrogens is 3. The zero-order chi connectivity index (χ0) is 16.4. The summed E-state index contributed by atoms with van der Waals surface area (Å²) in [6.45, 7) is 5.79. The van der Waals surface area contributed by atoms with E-state index in [1.54, 1.807) is 18.2 Å². The molecule has 1 aliphatic heterocycles. The fraction of sp³-hybridized carbons (Fsp3) is 0.438. The van der Waals surface area contributed by atoms with Crippen LogP contribution in [0.5, 0.6) is 5.75 Å². The van der Waals surface area contributed by atoms with Gasteiger partial charge in [0.15, 0.2) is 5.82 Å². The summed E-state index contributed by atoms with van der Waals surface area (Å²) < 4.78 is 1.90. The Morgan fingerprint density at radius 3 is 3.04 bits per heavy atom. The number of hydrogen-bond acceptors (Lipinski definition) is 5. The fourth-order valence-corrected chi connectivity index (χ4v) is 2.89. The Balaban J connectivity index is 1.63. The number of carbonyl (C=O) groups excluding carboxylic acids is 1. The van der Waals surface area contributed by atoms with E-state index in [0.29, 0.717) is 18.1 Å². The molecule has 2 aromatic rings. The van der Waals surface area contributed by atoms with Crippen molar-refractivity contribution in [1.29, 1.82) is 0 Å². The van der Waals surface area contributed by atoms with Gasteiger partial charge in [0.1, 0.15) is 5.75 Å². The van der Waals surface area contributed by atoms with Crippen molar-refractivity contribution in [1.82, 2.24) is 19.7 Å². The van der Waals surface area contributed by atoms with Gasteiger partial charge in [-0.2, -0.15) is 5.10 Å². The summed E-state index contributed by atoms with van der Waals surface area (Å²) in [6.07, 6.45) is 2.87. The Morgan fingerprint density at radius 2 is 2.26 bits per heavy atom. The molecule has 0 aromatic carbocycles. The monoisotopic (exact) mass is 315 g/mol. The maximum absolute atomic E-state index is 11.1. The van der Waals surface area contributed by atoms with Crippen molar-refractivity contribution >= 4 is 11.7 Å². The summed E-state index contributed by atoms with van der Waals surface area (Å²) >= 11 is 0. The van der Waals surface area contributed by atoms with E-state index >= 15 is 0 Å². The number of likely N-dealkylation sites (tertiary alicyclic amines) is 1. The van der Waals surface area contributed by atoms with Crippen LogP contribution in [-0.4, -0.2) is 43.8 Å². The van der Waals surface area contributed by atoms with E-state index < -0.39 is 0 Å². The van der Waals surface area contributed by atoms with E-state index in [-0.39, 0.29) is 17.7 Å². The number of pyridine rings is 1. The maximum Gasteiger partial charge on any atom is 0.222 e. The first-order chi connectivity index (χ1) is 11.0. The van der Waals surface area contributed by atoms with Crippen LogP contribution in [0.4, 0.5) is 5.82 Å². The zero-order valence-corrected chi connectivity index (χ0v) is 13.4. The molecule has 0 radical (unpaired) electrons. The van der Waals surface area contributed by atoms with Gasteiger partial charge in [0, 0.05) is 44.5 Å². The van der Waals surface area contributed by atoms with Crippen molar-refractivity contribution < 1.29 is 9.90 Å². The molecule has 0 bridgehead atoms. The average Bonchev–Trinajstić information content (AvgIpc) is 3.11. The van der Waals surface area contributed by atoms with Crippen LogP contribution < -0.4 is 5.32 Å². The minimum atomic E-state index is -0.121. The lowest BCUT2D eigenvalue weighted by Gasteiger charge is -2.16. The molecule has 122 valence electrons. The number of nitrogens with one attached hydrogen (secondary N) is 1. The zero-order valence-electron chi connectivity index (χ0n) is 13.4. The summed E-state index contributed by atoms with van der Waals surface area (Å²) in [5.74, 6) is 0.698. The van der Waals surface area contributed by atoms with Crippen LogP contribution in [0.15, 0.2) is 24.4 Å². The first-order valence-electron chi connectivity index (χ1n) is 7.72. The van der Waals surface area contributed by atoms with Crippen LogP contribution >= 0.6 is 0 Å². The Morgan fingerprint density at radius 1 is 1.43 bits per heavy atom. The number of amides is 1. The van der Waals surface area contributed by atoms with E-state index in [2.05, 4.69) is 20.3 Å². The van der Waals surface area contributed by atoms with E-state index in [9.17, 15) is 9.90 Å². The average molecular weight is 315 g/mol. The molecule has 1 fully saturated rings. The minimum Gasteiger partial charge on any atom is -0.506 e. The molecule has 7 nitrogen and oxygen atoms in total. The molecule has 2 aromatic heterocycles. The summed E-state index contributed by atoms with van der Waals surface area (Å²) in [5.41, 5.74) is 1.62. The van der Waals surface area contributed by atoms with Crippen molar-refractivity contribution in [3.05, 3.63) is 35.8 Å². The Labute approximate surface area is 134 Å². The van der Waals surface area contributed by atoms with Gasteiger partial charge in [-0.05, 0) is 25.5 Å². The SMILES string of the molecule is CC(=O)Nc1ccn([C@@H]2CCN(Cc3nc(C)ccc3O)C2)n1. The van der Waals surface area contributed by atoms with Gasteiger partial charge < -0.3 is 10.4 Å². The van der Waals surface area contributed by atoms with Crippen LogP contribution in [0, 0.1) is 6.92 Å². The molecule has 0 spiro atoms. The van der Waals surface area contributed by atoms with Crippen LogP contribution in [-0.2, 0) is 11.3 Å². The molecule has 1 aliphatic rings. The van der Waals surface area contributed by atoms with Crippen molar-refractivity contribution in [3.63, 3.8) is 0 Å². The molecule has 2 N–H and O–H groups in total. The number of aromatic hydroxyl groups is 1. The van der Waals surface area contributed by atoms with Crippen LogP contribution in [0.2, 0.25) is 0 Å². The highest BCUT2D eigenvalue weighted by molar-refractivity contribution is 5.87. The van der Waals surface area contributed by atoms with Crippen LogP contribution in [0.3, 0.4) is 0 Å². The van der Waals surface area contributed by atoms with Crippen molar-refractivity contribution in [2.75, 3.05) is 18.4 Å². The Kier molecular flexibility index (Phi) is 4.29. The largest absolute Gasteiger partial charge is 0.506 e. The van der Waals surface area contributed by atoms with Gasteiger partial charge in [-0.15, -0.1) is 0 Å². The lowest BCUT2D eigenvalue weighted by molar-refractivity contribution is -0.114. The second-order valence-electron chi connectivity index (χ2n) is 5.96. The predicted octanol–water partition coefficient (Wildman–Crippen LogP) is 1.70. The number of nitrogens with zero attached hydrogens (tertiary/aromatic N) is 4. The second-order valence-corrected chi connectivity index (χ2v) is 5.96. The van der Waals surface area contributed by atoms with Gasteiger partial charge >= 0.3 is 0 Å². The summed E-state index contributed by atoms with van der Waals surface area (Å²) in [5, 5.41) is 17.0. The van der Waals surface area contributed by atoms with Crippen LogP contribution in [0.1, 0.15) is 30.8 Å². The maximum atomic E-state index is 11.1. The van der Waals surface area contributed by atoms with Gasteiger partial charge in [0.25, 0.3) is 0 Å². The highest BCUT2D eigenvalue weighted by Crippen LogP contribution is 2.25. The number of rotatable bonds is 4. The molecular formula is C16H21N5O2. The smallest absolute Gasteiger partial charge is 0.222 e. The van der Waals surface area contributed by atoms with Crippen molar-refractivity contribution in [3.8, 4) is 5.75 Å². The molecule has 1 amide bonds. The van der Waals surface area contributed by atoms with Gasteiger partial charge in [0.05, 0.1) is 11.7 Å². The third-order valence-electron chi connectivity index (χ3n) is 4.00. The molecule has 23 heavy (non-hydrogen) atoms. The number of hydrogen-bond donors (Lipinski definition) is 2. The highest BCUT2D eigenvalue weighted by atomic mass is 16.3. The molecule has 0 saturated carbocycles. The molecule has 3 heterocycles. The topological polar surface area (TPSA) is 83.3 Å². The van der Waals surface area contributed by atoms with E-state index in [1.807, 2.05) is 17.8 Å². The molecule has 7 heteroatoms. The van der Waals surface area contributed by atoms with Gasteiger partial charge in [-0.1, -0.05) is 0 Å². The van der Waals surface area contributed by atoms with E-state index in [1.165, 1.54) is 6.92 Å². The Bertz CT molecular complexity index is 712. The minimum absolute atomic E-state index is 0.121. The van der Waals surface area contributed by atoms with Gasteiger partial charge in [0.2, 0.25) is 5.91 Å². The molecule has 3 rings (SSSR count). The third-order valence-corrected chi connectivity index (χ3v) is 4.00. The third kappa shape index (κ3) is 3.68. The molecule has 0 unspecified atom stereocenters. The van der Waals surface area contributed by atoms with Gasteiger partial charge in [-0.3, -0.25) is 19.4 Å². The number of anilines is 1. The van der Waals surface area contributed by atoms with Crippen molar-refractivity contribution in [2.24, 2.45) is 0 Å². The number of carbonyl (C=O) groups is 1. The lowest BCUT2D eigenvalue weighted by Crippen LogP contribution is -2.22. The highest BCUT2D eigenvalue weighted by Gasteiger charge is 2.25. The quantitative estimate of drug-likeness (QED) is 0.897. The van der Waals surface area contributed by atoms with E-state index in [4.69, 9.17) is 0 Å². The van der Waals surface area contributed by atoms with Crippen molar-refractivity contribution in [2.45, 2.75) is 32.9 Å². The van der Waals surface area contributed by atoms with Crippen LogP contribution in [0.25, 0.3) is 0 Å². The fourth-order valence-electron chi connectivity index (χ4n) is 2.89. The van der Waals surface area contributed by atoms with E-state index in [0.717, 1.165) is 25.2 Å². The predicted molar refractivity (Wildman–Crippen MR) is 86.1 cm³/mol. The first-order valence-corrected chi connectivity index (χ1v) is 7.72. The normalized spacial score (nSPS) is 18.3. The lowest BCUT2D eigenvalue weighted by atomic mass is 10.2. The first kappa shape index (κ1) is 15.5. The molecule has 0 aliphatic carbocycles. The number of aryl methyl sites for hydroxylation is 1.